The lowest BCUT2D eigenvalue weighted by atomic mass is 10.1. The summed E-state index contributed by atoms with van der Waals surface area (Å²) in [6.45, 7) is 0.965. The number of amides is 1. The molecule has 1 aromatic heterocycles. The molecule has 0 aliphatic heterocycles. The molecule has 1 amide bonds. The zero-order valence-corrected chi connectivity index (χ0v) is 12.8. The normalized spacial score (nSPS) is 11.5. The van der Waals surface area contributed by atoms with Crippen molar-refractivity contribution in [2.24, 2.45) is 7.05 Å². The number of hydroxylamine groups is 1. The average molecular weight is 345 g/mol. The number of hydrogen-bond acceptors (Lipinski definition) is 5. The van der Waals surface area contributed by atoms with Crippen LogP contribution in [-0.2, 0) is 29.5 Å². The van der Waals surface area contributed by atoms with Gasteiger partial charge in [0.15, 0.2) is 0 Å². The average Bonchev–Trinajstić information content (AvgIpc) is 2.85. The van der Waals surface area contributed by atoms with Crippen LogP contribution < -0.4 is 11.2 Å². The van der Waals surface area contributed by atoms with Gasteiger partial charge in [-0.05, 0) is 22.6 Å². The van der Waals surface area contributed by atoms with Gasteiger partial charge in [-0.1, -0.05) is 13.0 Å². The van der Waals surface area contributed by atoms with Crippen LogP contribution in [0.5, 0.6) is 0 Å². The number of rotatable bonds is 5. The van der Waals surface area contributed by atoms with Gasteiger partial charge in [0.2, 0.25) is 5.91 Å². The number of hydrogen-bond donors (Lipinski definition) is 1. The molecule has 0 spiro atoms. The molecule has 0 aliphatic carbocycles. The van der Waals surface area contributed by atoms with E-state index in [0.29, 0.717) is 0 Å². The molecule has 0 bridgehead atoms. The second-order valence-corrected chi connectivity index (χ2v) is 4.77. The van der Waals surface area contributed by atoms with Crippen molar-refractivity contribution in [3.63, 3.8) is 0 Å². The Hall–Kier alpha value is -2.69. The minimum Gasteiger partial charge on any atom is -0.273 e. The van der Waals surface area contributed by atoms with Crippen LogP contribution in [0.4, 0.5) is 13.2 Å². The van der Waals surface area contributed by atoms with Gasteiger partial charge >= 0.3 is 11.9 Å². The fourth-order valence-corrected chi connectivity index (χ4v) is 1.92. The first kappa shape index (κ1) is 17.7. The van der Waals surface area contributed by atoms with Gasteiger partial charge in [0.1, 0.15) is 6.61 Å². The van der Waals surface area contributed by atoms with Gasteiger partial charge in [-0.15, -0.1) is 0 Å². The second-order valence-electron chi connectivity index (χ2n) is 4.77. The highest BCUT2D eigenvalue weighted by atomic mass is 19.4. The summed E-state index contributed by atoms with van der Waals surface area (Å²) < 4.78 is 41.3. The summed E-state index contributed by atoms with van der Waals surface area (Å²) in [7, 11) is 1.32. The lowest BCUT2D eigenvalue weighted by Gasteiger charge is -2.16. The number of carbonyl (C=O) groups is 1. The van der Waals surface area contributed by atoms with Crippen LogP contribution in [0.15, 0.2) is 23.0 Å². The summed E-state index contributed by atoms with van der Waals surface area (Å²) in [5.74, 6) is -0.488. The smallest absolute Gasteiger partial charge is 0.273 e. The molecule has 2 rings (SSSR count). The quantitative estimate of drug-likeness (QED) is 0.815. The summed E-state index contributed by atoms with van der Waals surface area (Å²) in [5.41, 5.74) is -0.163. The number of nitrogens with one attached hydrogen (secondary N) is 1. The van der Waals surface area contributed by atoms with Gasteiger partial charge in [0.05, 0.1) is 11.3 Å². The molecule has 11 heteroatoms. The fourth-order valence-electron chi connectivity index (χ4n) is 1.92. The van der Waals surface area contributed by atoms with E-state index in [1.807, 2.05) is 5.48 Å². The monoisotopic (exact) mass is 345 g/mol. The van der Waals surface area contributed by atoms with Crippen LogP contribution in [0.25, 0.3) is 5.69 Å². The van der Waals surface area contributed by atoms with Gasteiger partial charge in [-0.2, -0.15) is 22.5 Å². The molecule has 130 valence electrons. The molecular weight excluding hydrogens is 331 g/mol. The van der Waals surface area contributed by atoms with E-state index >= 15 is 0 Å². The van der Waals surface area contributed by atoms with Crippen LogP contribution in [0, 0.1) is 0 Å². The Morgan fingerprint density at radius 2 is 2.04 bits per heavy atom. The van der Waals surface area contributed by atoms with Crippen LogP contribution in [0.3, 0.4) is 0 Å². The first-order valence-corrected chi connectivity index (χ1v) is 6.84. The summed E-state index contributed by atoms with van der Waals surface area (Å²) in [6, 6.07) is 3.28. The maximum Gasteiger partial charge on any atom is 0.416 e. The largest absolute Gasteiger partial charge is 0.416 e. The Balaban J connectivity index is 2.48. The van der Waals surface area contributed by atoms with Crippen molar-refractivity contribution in [1.82, 2.24) is 25.3 Å². The van der Waals surface area contributed by atoms with E-state index in [1.165, 1.54) is 13.1 Å². The molecule has 2 aromatic rings. The fraction of sp³-hybridized carbons (Fsp3) is 0.385. The molecule has 0 unspecified atom stereocenters. The van der Waals surface area contributed by atoms with Gasteiger partial charge in [-0.25, -0.2) is 10.3 Å². The number of aryl methyl sites for hydroxylation is 1. The minimum absolute atomic E-state index is 0.109. The Kier molecular flexibility index (Phi) is 5.02. The van der Waals surface area contributed by atoms with Gasteiger partial charge in [0.25, 0.3) is 0 Å². The SMILES string of the molecule is CCC(=O)NOCc1c(-n2nnn(C)c2=O)cccc1C(F)(F)F. The molecule has 0 aliphatic rings. The van der Waals surface area contributed by atoms with Crippen molar-refractivity contribution in [1.29, 1.82) is 0 Å². The zero-order chi connectivity index (χ0) is 17.9. The summed E-state index contributed by atoms with van der Waals surface area (Å²) in [5, 5.41) is 7.01. The molecular formula is C13H14F3N5O3. The highest BCUT2D eigenvalue weighted by Gasteiger charge is 2.35. The Morgan fingerprint density at radius 1 is 1.33 bits per heavy atom. The first-order chi connectivity index (χ1) is 11.3. The van der Waals surface area contributed by atoms with Crippen LogP contribution >= 0.6 is 0 Å². The highest BCUT2D eigenvalue weighted by Crippen LogP contribution is 2.34. The molecule has 1 N–H and O–H groups in total. The molecule has 0 radical (unpaired) electrons. The summed E-state index contributed by atoms with van der Waals surface area (Å²) in [6.07, 6.45) is -4.56. The van der Waals surface area contributed by atoms with Crippen molar-refractivity contribution in [2.45, 2.75) is 26.1 Å². The number of aromatic nitrogens is 4. The van der Waals surface area contributed by atoms with Crippen LogP contribution in [0.2, 0.25) is 0 Å². The number of alkyl halides is 3. The van der Waals surface area contributed by atoms with E-state index in [2.05, 4.69) is 10.4 Å². The van der Waals surface area contributed by atoms with Crippen molar-refractivity contribution in [3.05, 3.63) is 39.8 Å². The predicted molar refractivity (Wildman–Crippen MR) is 74.8 cm³/mol. The Labute approximate surface area is 133 Å². The van der Waals surface area contributed by atoms with Gasteiger partial charge in [-0.3, -0.25) is 9.63 Å². The van der Waals surface area contributed by atoms with Gasteiger partial charge in [0, 0.05) is 19.0 Å². The van der Waals surface area contributed by atoms with E-state index in [1.54, 1.807) is 6.92 Å². The maximum absolute atomic E-state index is 13.2. The third-order valence-electron chi connectivity index (χ3n) is 3.13. The highest BCUT2D eigenvalue weighted by molar-refractivity contribution is 5.74. The van der Waals surface area contributed by atoms with Crippen molar-refractivity contribution >= 4 is 5.91 Å². The van der Waals surface area contributed by atoms with E-state index in [-0.39, 0.29) is 17.7 Å². The van der Waals surface area contributed by atoms with Crippen LogP contribution in [-0.4, -0.2) is 25.7 Å². The van der Waals surface area contributed by atoms with Crippen LogP contribution in [0.1, 0.15) is 24.5 Å². The Morgan fingerprint density at radius 3 is 2.58 bits per heavy atom. The number of tetrazole rings is 1. The lowest BCUT2D eigenvalue weighted by Crippen LogP contribution is -2.26. The maximum atomic E-state index is 13.2. The second kappa shape index (κ2) is 6.83. The molecule has 1 heterocycles. The Bertz CT molecular complexity index is 797. The molecule has 8 nitrogen and oxygen atoms in total. The molecule has 0 fully saturated rings. The lowest BCUT2D eigenvalue weighted by molar-refractivity contribution is -0.140. The minimum atomic E-state index is -4.67. The standard InChI is InChI=1S/C13H14F3N5O3/c1-3-11(22)17-24-7-8-9(13(14,15)16)5-4-6-10(8)21-12(23)20(2)18-19-21/h4-6H,3,7H2,1-2H3,(H,17,22). The number of benzene rings is 1. The van der Waals surface area contributed by atoms with E-state index < -0.39 is 29.9 Å². The van der Waals surface area contributed by atoms with Gasteiger partial charge < -0.3 is 0 Å². The molecule has 0 atom stereocenters. The number of nitrogens with zero attached hydrogens (tertiary/aromatic N) is 4. The summed E-state index contributed by atoms with van der Waals surface area (Å²) in [4.78, 5) is 27.9. The topological polar surface area (TPSA) is 91.0 Å². The first-order valence-electron chi connectivity index (χ1n) is 6.84. The third-order valence-corrected chi connectivity index (χ3v) is 3.13. The van der Waals surface area contributed by atoms with E-state index in [0.717, 1.165) is 21.5 Å². The molecule has 0 saturated carbocycles. The van der Waals surface area contributed by atoms with Crippen molar-refractivity contribution in [2.75, 3.05) is 0 Å². The van der Waals surface area contributed by atoms with E-state index in [4.69, 9.17) is 4.84 Å². The van der Waals surface area contributed by atoms with E-state index in [9.17, 15) is 22.8 Å². The van der Waals surface area contributed by atoms with Crippen molar-refractivity contribution < 1.29 is 22.8 Å². The molecule has 24 heavy (non-hydrogen) atoms. The molecule has 1 aromatic carbocycles. The predicted octanol–water partition coefficient (Wildman–Crippen LogP) is 0.943. The van der Waals surface area contributed by atoms with Crippen molar-refractivity contribution in [3.8, 4) is 5.69 Å². The number of halogens is 3. The summed E-state index contributed by atoms with van der Waals surface area (Å²) >= 11 is 0. The number of carbonyl (C=O) groups excluding carboxylic acids is 1. The molecule has 0 saturated heterocycles. The third kappa shape index (κ3) is 3.62. The zero-order valence-electron chi connectivity index (χ0n) is 12.8.